The molecule has 0 bridgehead atoms. The highest BCUT2D eigenvalue weighted by Crippen LogP contribution is 2.14. The minimum Gasteiger partial charge on any atom is -0.489 e. The van der Waals surface area contributed by atoms with Gasteiger partial charge in [-0.1, -0.05) is 31.1 Å². The van der Waals surface area contributed by atoms with Crippen LogP contribution in [0.3, 0.4) is 0 Å². The first-order chi connectivity index (χ1) is 13.5. The van der Waals surface area contributed by atoms with Gasteiger partial charge in [-0.25, -0.2) is 4.99 Å². The average Bonchev–Trinajstić information content (AvgIpc) is 3.12. The number of ether oxygens (including phenoxy) is 1. The van der Waals surface area contributed by atoms with Crippen molar-refractivity contribution in [3.63, 3.8) is 0 Å². The fourth-order valence-corrected chi connectivity index (χ4v) is 2.57. The van der Waals surface area contributed by atoms with E-state index < -0.39 is 0 Å². The molecule has 2 rings (SSSR count). The average molecular weight is 515 g/mol. The van der Waals surface area contributed by atoms with Crippen LogP contribution in [0.1, 0.15) is 57.3 Å². The number of hydrogen-bond acceptors (Lipinski definition) is 5. The van der Waals surface area contributed by atoms with Crippen LogP contribution in [0.15, 0.2) is 33.8 Å². The molecule has 0 spiro atoms. The van der Waals surface area contributed by atoms with E-state index in [4.69, 9.17) is 9.26 Å². The lowest BCUT2D eigenvalue weighted by Crippen LogP contribution is -2.38. The van der Waals surface area contributed by atoms with Gasteiger partial charge in [-0.05, 0) is 44.9 Å². The zero-order valence-corrected chi connectivity index (χ0v) is 20.4. The molecule has 2 N–H and O–H groups in total. The standard InChI is InChI=1S/C21H33N5O2.HI/c1-6-22-21(23-12-8-11-19-25-20(15(2)3)26-28-19)24-14-17(5)27-18-10-7-9-16(4)13-18;/h7,9-10,13,15,17H,6,8,11-12,14H2,1-5H3,(H2,22,23,24);1H. The van der Waals surface area contributed by atoms with E-state index in [2.05, 4.69) is 59.5 Å². The second-order valence-electron chi connectivity index (χ2n) is 7.20. The zero-order valence-electron chi connectivity index (χ0n) is 18.1. The Morgan fingerprint density at radius 2 is 2.03 bits per heavy atom. The second kappa shape index (κ2) is 13.4. The Labute approximate surface area is 191 Å². The van der Waals surface area contributed by atoms with Crippen LogP contribution in [0.4, 0.5) is 0 Å². The minimum atomic E-state index is -0.00916. The van der Waals surface area contributed by atoms with Crippen LogP contribution < -0.4 is 15.4 Å². The molecule has 8 heteroatoms. The molecule has 0 saturated carbocycles. The van der Waals surface area contributed by atoms with Crippen LogP contribution in [0, 0.1) is 6.92 Å². The van der Waals surface area contributed by atoms with Crippen molar-refractivity contribution in [3.8, 4) is 5.75 Å². The molecular weight excluding hydrogens is 481 g/mol. The maximum atomic E-state index is 5.94. The van der Waals surface area contributed by atoms with Crippen molar-refractivity contribution in [2.24, 2.45) is 4.99 Å². The Hall–Kier alpha value is -1.84. The molecule has 0 amide bonds. The van der Waals surface area contributed by atoms with Crippen LogP contribution in [-0.4, -0.2) is 41.8 Å². The van der Waals surface area contributed by atoms with E-state index in [1.165, 1.54) is 5.56 Å². The summed E-state index contributed by atoms with van der Waals surface area (Å²) in [4.78, 5) is 9.02. The smallest absolute Gasteiger partial charge is 0.226 e. The lowest BCUT2D eigenvalue weighted by Gasteiger charge is -2.15. The molecule has 1 aromatic carbocycles. The molecule has 0 radical (unpaired) electrons. The van der Waals surface area contributed by atoms with Gasteiger partial charge in [-0.3, -0.25) is 0 Å². The number of aliphatic imine (C=N–C) groups is 1. The normalized spacial score (nSPS) is 12.4. The maximum Gasteiger partial charge on any atom is 0.226 e. The van der Waals surface area contributed by atoms with Gasteiger partial charge in [-0.15, -0.1) is 24.0 Å². The van der Waals surface area contributed by atoms with Crippen molar-refractivity contribution in [2.45, 2.75) is 59.5 Å². The van der Waals surface area contributed by atoms with Crippen molar-refractivity contribution >= 4 is 29.9 Å². The van der Waals surface area contributed by atoms with E-state index in [9.17, 15) is 0 Å². The Kier molecular flexibility index (Phi) is 11.6. The number of aromatic nitrogens is 2. The van der Waals surface area contributed by atoms with E-state index in [0.29, 0.717) is 12.4 Å². The number of halogens is 1. The van der Waals surface area contributed by atoms with Gasteiger partial charge in [0.15, 0.2) is 11.8 Å². The molecule has 0 aliphatic carbocycles. The molecule has 1 aromatic heterocycles. The highest BCUT2D eigenvalue weighted by atomic mass is 127. The topological polar surface area (TPSA) is 84.6 Å². The molecule has 0 aliphatic heterocycles. The molecular formula is C21H34IN5O2. The summed E-state index contributed by atoms with van der Waals surface area (Å²) in [5.74, 6) is 3.40. The Bertz CT molecular complexity index is 748. The summed E-state index contributed by atoms with van der Waals surface area (Å²) >= 11 is 0. The van der Waals surface area contributed by atoms with Gasteiger partial charge in [0.2, 0.25) is 5.89 Å². The largest absolute Gasteiger partial charge is 0.489 e. The summed E-state index contributed by atoms with van der Waals surface area (Å²) < 4.78 is 11.2. The Morgan fingerprint density at radius 1 is 1.24 bits per heavy atom. The van der Waals surface area contributed by atoms with E-state index in [1.807, 2.05) is 25.1 Å². The highest BCUT2D eigenvalue weighted by molar-refractivity contribution is 14.0. The molecule has 0 saturated heterocycles. The Balaban J connectivity index is 0.00000420. The summed E-state index contributed by atoms with van der Waals surface area (Å²) in [6.07, 6.45) is 1.63. The first-order valence-corrected chi connectivity index (χ1v) is 10.1. The van der Waals surface area contributed by atoms with Crippen molar-refractivity contribution in [2.75, 3.05) is 19.6 Å². The van der Waals surface area contributed by atoms with E-state index in [0.717, 1.165) is 43.5 Å². The predicted molar refractivity (Wildman–Crippen MR) is 127 cm³/mol. The van der Waals surface area contributed by atoms with Gasteiger partial charge >= 0.3 is 0 Å². The number of rotatable bonds is 10. The molecule has 0 aliphatic rings. The van der Waals surface area contributed by atoms with Crippen LogP contribution in [0.5, 0.6) is 5.75 Å². The number of benzene rings is 1. The first kappa shape index (κ1) is 25.2. The van der Waals surface area contributed by atoms with Gasteiger partial charge in [-0.2, -0.15) is 4.98 Å². The van der Waals surface area contributed by atoms with Gasteiger partial charge in [0, 0.05) is 25.4 Å². The second-order valence-corrected chi connectivity index (χ2v) is 7.20. The summed E-state index contributed by atoms with van der Waals surface area (Å²) in [5.41, 5.74) is 1.19. The summed E-state index contributed by atoms with van der Waals surface area (Å²) in [6.45, 7) is 12.4. The molecule has 29 heavy (non-hydrogen) atoms. The summed E-state index contributed by atoms with van der Waals surface area (Å²) in [6, 6.07) is 8.06. The number of guanidine groups is 1. The van der Waals surface area contributed by atoms with Gasteiger partial charge in [0.25, 0.3) is 0 Å². The molecule has 7 nitrogen and oxygen atoms in total. The lowest BCUT2D eigenvalue weighted by molar-refractivity contribution is 0.230. The summed E-state index contributed by atoms with van der Waals surface area (Å²) in [7, 11) is 0. The SMILES string of the molecule is CCNC(=NCC(C)Oc1cccc(C)c1)NCCCc1nc(C(C)C)no1.I. The van der Waals surface area contributed by atoms with Crippen LogP contribution >= 0.6 is 24.0 Å². The minimum absolute atomic E-state index is 0. The fraction of sp³-hybridized carbons (Fsp3) is 0.571. The predicted octanol–water partition coefficient (Wildman–Crippen LogP) is 4.07. The quantitative estimate of drug-likeness (QED) is 0.215. The van der Waals surface area contributed by atoms with Gasteiger partial charge in [0.1, 0.15) is 11.9 Å². The molecule has 1 unspecified atom stereocenters. The highest BCUT2D eigenvalue weighted by Gasteiger charge is 2.09. The third-order valence-electron chi connectivity index (χ3n) is 4.04. The van der Waals surface area contributed by atoms with Crippen molar-refractivity contribution in [1.29, 1.82) is 0 Å². The van der Waals surface area contributed by atoms with E-state index >= 15 is 0 Å². The van der Waals surface area contributed by atoms with Gasteiger partial charge in [0.05, 0.1) is 6.54 Å². The van der Waals surface area contributed by atoms with Crippen molar-refractivity contribution in [3.05, 3.63) is 41.5 Å². The number of nitrogens with zero attached hydrogens (tertiary/aromatic N) is 3. The molecule has 2 aromatic rings. The molecule has 1 atom stereocenters. The van der Waals surface area contributed by atoms with Crippen LogP contribution in [0.2, 0.25) is 0 Å². The number of nitrogens with one attached hydrogen (secondary N) is 2. The van der Waals surface area contributed by atoms with Crippen molar-refractivity contribution in [1.82, 2.24) is 20.8 Å². The molecule has 162 valence electrons. The third-order valence-corrected chi connectivity index (χ3v) is 4.04. The summed E-state index contributed by atoms with van der Waals surface area (Å²) in [5, 5.41) is 10.6. The molecule has 0 fully saturated rings. The first-order valence-electron chi connectivity index (χ1n) is 10.1. The number of aryl methyl sites for hydroxylation is 2. The monoisotopic (exact) mass is 515 g/mol. The van der Waals surface area contributed by atoms with E-state index in [1.54, 1.807) is 0 Å². The zero-order chi connectivity index (χ0) is 20.4. The van der Waals surface area contributed by atoms with Crippen molar-refractivity contribution < 1.29 is 9.26 Å². The van der Waals surface area contributed by atoms with Crippen LogP contribution in [-0.2, 0) is 6.42 Å². The Morgan fingerprint density at radius 3 is 2.69 bits per heavy atom. The fourth-order valence-electron chi connectivity index (χ4n) is 2.57. The third kappa shape index (κ3) is 9.47. The maximum absolute atomic E-state index is 5.94. The number of hydrogen-bond donors (Lipinski definition) is 2. The van der Waals surface area contributed by atoms with Gasteiger partial charge < -0.3 is 19.9 Å². The lowest BCUT2D eigenvalue weighted by atomic mass is 10.2. The van der Waals surface area contributed by atoms with Crippen LogP contribution in [0.25, 0.3) is 0 Å². The van der Waals surface area contributed by atoms with E-state index in [-0.39, 0.29) is 36.0 Å². The molecule has 1 heterocycles.